The summed E-state index contributed by atoms with van der Waals surface area (Å²) in [5.74, 6) is 0. The molecule has 0 spiro atoms. The number of aromatic nitrogens is 2. The van der Waals surface area contributed by atoms with Gasteiger partial charge in [-0.3, -0.25) is 4.79 Å². The Bertz CT molecular complexity index is 371. The lowest BCUT2D eigenvalue weighted by molar-refractivity contribution is 0.0926. The first-order valence-electron chi connectivity index (χ1n) is 4.60. The van der Waals surface area contributed by atoms with Crippen LogP contribution in [0.4, 0.5) is 0 Å². The lowest BCUT2D eigenvalue weighted by Gasteiger charge is -2.09. The smallest absolute Gasteiger partial charge is 0.268 e. The largest absolute Gasteiger partial charge is 0.376 e. The van der Waals surface area contributed by atoms with Crippen molar-refractivity contribution in [3.8, 4) is 0 Å². The number of nitrogens with zero attached hydrogens (tertiary/aromatic N) is 2. The maximum absolute atomic E-state index is 11.4. The van der Waals surface area contributed by atoms with Gasteiger partial charge in [0.25, 0.3) is 5.56 Å². The predicted molar refractivity (Wildman–Crippen MR) is 52.5 cm³/mol. The molecule has 4 nitrogen and oxygen atoms in total. The van der Waals surface area contributed by atoms with Crippen LogP contribution in [0.1, 0.15) is 12.8 Å². The van der Waals surface area contributed by atoms with Gasteiger partial charge in [-0.2, -0.15) is 5.10 Å². The van der Waals surface area contributed by atoms with Crippen molar-refractivity contribution in [3.63, 3.8) is 0 Å². The molecule has 1 saturated heterocycles. The molecule has 1 aromatic rings. The van der Waals surface area contributed by atoms with Gasteiger partial charge in [-0.25, -0.2) is 4.68 Å². The van der Waals surface area contributed by atoms with E-state index in [1.807, 2.05) is 0 Å². The fourth-order valence-corrected chi connectivity index (χ4v) is 1.67. The molecule has 0 aliphatic carbocycles. The second-order valence-corrected chi connectivity index (χ2v) is 3.77. The molecule has 0 radical (unpaired) electrons. The van der Waals surface area contributed by atoms with E-state index in [2.05, 4.69) is 5.10 Å². The van der Waals surface area contributed by atoms with Crippen LogP contribution in [-0.2, 0) is 11.3 Å². The van der Waals surface area contributed by atoms with Gasteiger partial charge in [0.1, 0.15) is 0 Å². The molecule has 1 atom stereocenters. The third-order valence-corrected chi connectivity index (χ3v) is 2.44. The lowest BCUT2D eigenvalue weighted by Crippen LogP contribution is -2.27. The van der Waals surface area contributed by atoms with Crippen LogP contribution in [0.5, 0.6) is 0 Å². The lowest BCUT2D eigenvalue weighted by atomic mass is 10.2. The van der Waals surface area contributed by atoms with Crippen LogP contribution >= 0.6 is 11.6 Å². The summed E-state index contributed by atoms with van der Waals surface area (Å²) in [5, 5.41) is 4.31. The summed E-state index contributed by atoms with van der Waals surface area (Å²) in [4.78, 5) is 11.4. The normalized spacial score (nSPS) is 21.4. The maximum atomic E-state index is 11.4. The van der Waals surface area contributed by atoms with Gasteiger partial charge in [0.05, 0.1) is 23.9 Å². The fraction of sp³-hybridized carbons (Fsp3) is 0.556. The highest BCUT2D eigenvalue weighted by molar-refractivity contribution is 6.30. The highest BCUT2D eigenvalue weighted by Crippen LogP contribution is 2.12. The second-order valence-electron chi connectivity index (χ2n) is 3.33. The minimum Gasteiger partial charge on any atom is -0.376 e. The van der Waals surface area contributed by atoms with E-state index in [9.17, 15) is 4.79 Å². The van der Waals surface area contributed by atoms with Gasteiger partial charge in [0.2, 0.25) is 0 Å². The minimum absolute atomic E-state index is 0.126. The van der Waals surface area contributed by atoms with Crippen LogP contribution in [0.15, 0.2) is 17.1 Å². The van der Waals surface area contributed by atoms with Crippen molar-refractivity contribution >= 4 is 11.6 Å². The van der Waals surface area contributed by atoms with E-state index in [0.717, 1.165) is 19.4 Å². The number of ether oxygens (including phenoxy) is 1. The molecule has 0 bridgehead atoms. The van der Waals surface area contributed by atoms with Crippen molar-refractivity contribution in [2.24, 2.45) is 0 Å². The molecule has 1 aliphatic rings. The summed E-state index contributed by atoms with van der Waals surface area (Å²) >= 11 is 5.63. The van der Waals surface area contributed by atoms with Gasteiger partial charge < -0.3 is 4.74 Å². The van der Waals surface area contributed by atoms with Crippen molar-refractivity contribution < 1.29 is 4.74 Å². The van der Waals surface area contributed by atoms with Gasteiger partial charge in [-0.15, -0.1) is 0 Å². The molecular formula is C9H11ClN2O2. The third kappa shape index (κ3) is 2.13. The second kappa shape index (κ2) is 4.11. The van der Waals surface area contributed by atoms with E-state index in [1.165, 1.54) is 16.9 Å². The summed E-state index contributed by atoms with van der Waals surface area (Å²) < 4.78 is 6.80. The van der Waals surface area contributed by atoms with Gasteiger partial charge in [0.15, 0.2) is 0 Å². The van der Waals surface area contributed by atoms with Crippen LogP contribution in [0.25, 0.3) is 0 Å². The zero-order chi connectivity index (χ0) is 9.97. The molecule has 0 amide bonds. The molecule has 1 aromatic heterocycles. The Morgan fingerprint density at radius 1 is 1.71 bits per heavy atom. The Hall–Kier alpha value is -0.870. The van der Waals surface area contributed by atoms with Crippen LogP contribution in [-0.4, -0.2) is 22.5 Å². The van der Waals surface area contributed by atoms with Crippen LogP contribution < -0.4 is 5.56 Å². The molecule has 0 N–H and O–H groups in total. The molecule has 5 heteroatoms. The number of hydrogen-bond acceptors (Lipinski definition) is 3. The number of halogens is 1. The Balaban J connectivity index is 2.12. The average molecular weight is 215 g/mol. The Morgan fingerprint density at radius 3 is 3.21 bits per heavy atom. The molecule has 1 aliphatic heterocycles. The summed E-state index contributed by atoms with van der Waals surface area (Å²) in [6, 6.07) is 1.36. The van der Waals surface area contributed by atoms with E-state index in [4.69, 9.17) is 16.3 Å². The topological polar surface area (TPSA) is 44.1 Å². The maximum Gasteiger partial charge on any atom is 0.268 e. The Morgan fingerprint density at radius 2 is 2.57 bits per heavy atom. The summed E-state index contributed by atoms with van der Waals surface area (Å²) in [6.45, 7) is 1.31. The monoisotopic (exact) mass is 214 g/mol. The van der Waals surface area contributed by atoms with Crippen molar-refractivity contribution in [1.29, 1.82) is 0 Å². The van der Waals surface area contributed by atoms with Crippen LogP contribution in [0.3, 0.4) is 0 Å². The molecular weight excluding hydrogens is 204 g/mol. The molecule has 1 unspecified atom stereocenters. The van der Waals surface area contributed by atoms with Crippen molar-refractivity contribution in [1.82, 2.24) is 9.78 Å². The van der Waals surface area contributed by atoms with Crippen molar-refractivity contribution in [2.45, 2.75) is 25.5 Å². The highest BCUT2D eigenvalue weighted by atomic mass is 35.5. The quantitative estimate of drug-likeness (QED) is 0.740. The van der Waals surface area contributed by atoms with Gasteiger partial charge in [0, 0.05) is 12.7 Å². The van der Waals surface area contributed by atoms with Gasteiger partial charge in [-0.05, 0) is 12.8 Å². The van der Waals surface area contributed by atoms with Crippen molar-refractivity contribution in [3.05, 3.63) is 27.6 Å². The SMILES string of the molecule is O=c1cc(Cl)cnn1CC1CCCO1. The van der Waals surface area contributed by atoms with E-state index in [1.54, 1.807) is 0 Å². The molecule has 14 heavy (non-hydrogen) atoms. The van der Waals surface area contributed by atoms with E-state index >= 15 is 0 Å². The average Bonchev–Trinajstić information content (AvgIpc) is 2.62. The third-order valence-electron chi connectivity index (χ3n) is 2.24. The molecule has 1 fully saturated rings. The first-order valence-corrected chi connectivity index (χ1v) is 4.98. The van der Waals surface area contributed by atoms with E-state index < -0.39 is 0 Å². The zero-order valence-electron chi connectivity index (χ0n) is 7.65. The van der Waals surface area contributed by atoms with Gasteiger partial charge >= 0.3 is 0 Å². The first kappa shape index (κ1) is 9.68. The molecule has 2 heterocycles. The first-order chi connectivity index (χ1) is 6.75. The number of hydrogen-bond donors (Lipinski definition) is 0. The van der Waals surface area contributed by atoms with Gasteiger partial charge in [-0.1, -0.05) is 11.6 Å². The van der Waals surface area contributed by atoms with Crippen LogP contribution in [0, 0.1) is 0 Å². The van der Waals surface area contributed by atoms with Crippen molar-refractivity contribution in [2.75, 3.05) is 6.61 Å². The Labute approximate surface area is 86.4 Å². The molecule has 76 valence electrons. The fourth-order valence-electron chi connectivity index (χ4n) is 1.53. The summed E-state index contributed by atoms with van der Waals surface area (Å²) in [5.41, 5.74) is -0.173. The van der Waals surface area contributed by atoms with E-state index in [-0.39, 0.29) is 11.7 Å². The highest BCUT2D eigenvalue weighted by Gasteiger charge is 2.16. The molecule has 2 rings (SSSR count). The minimum atomic E-state index is -0.173. The Kier molecular flexibility index (Phi) is 2.84. The van der Waals surface area contributed by atoms with Crippen LogP contribution in [0.2, 0.25) is 5.02 Å². The van der Waals surface area contributed by atoms with E-state index in [0.29, 0.717) is 11.6 Å². The molecule has 0 aromatic carbocycles. The predicted octanol–water partition coefficient (Wildman–Crippen LogP) is 1.08. The zero-order valence-corrected chi connectivity index (χ0v) is 8.41. The molecule has 0 saturated carbocycles. The number of rotatable bonds is 2. The summed E-state index contributed by atoms with van der Waals surface area (Å²) in [6.07, 6.45) is 3.66. The standard InChI is InChI=1S/C9H11ClN2O2/c10-7-4-9(13)12(11-5-7)6-8-2-1-3-14-8/h4-5,8H,1-3,6H2. The summed E-state index contributed by atoms with van der Waals surface area (Å²) in [7, 11) is 0.